The molecule has 2 rings (SSSR count). The number of sulfonamides is 1. The lowest BCUT2D eigenvalue weighted by Crippen LogP contribution is -2.12. The van der Waals surface area contributed by atoms with E-state index in [0.29, 0.717) is 5.13 Å². The van der Waals surface area contributed by atoms with Crippen LogP contribution in [0.1, 0.15) is 24.8 Å². The first-order chi connectivity index (χ1) is 8.49. The van der Waals surface area contributed by atoms with Crippen molar-refractivity contribution >= 4 is 26.5 Å². The van der Waals surface area contributed by atoms with Crippen LogP contribution in [-0.4, -0.2) is 18.6 Å². The third-order valence-electron chi connectivity index (χ3n) is 2.21. The third-order valence-corrected chi connectivity index (χ3v) is 4.83. The van der Waals surface area contributed by atoms with Gasteiger partial charge in [-0.15, -0.1) is 10.2 Å². The second-order valence-corrected chi connectivity index (χ2v) is 6.71. The van der Waals surface area contributed by atoms with Crippen LogP contribution in [0.2, 0.25) is 0 Å². The van der Waals surface area contributed by atoms with Crippen molar-refractivity contribution in [2.45, 2.75) is 24.7 Å². The highest BCUT2D eigenvalue weighted by atomic mass is 32.2. The molecule has 0 aliphatic rings. The lowest BCUT2D eigenvalue weighted by molar-refractivity contribution is 0.601. The SMILES string of the molecule is CC(C)c1nnc(NS(=O)(=O)c2ccccc2)s1. The Hall–Kier alpha value is -1.47. The Morgan fingerprint density at radius 3 is 2.39 bits per heavy atom. The molecule has 18 heavy (non-hydrogen) atoms. The van der Waals surface area contributed by atoms with Crippen LogP contribution in [0.5, 0.6) is 0 Å². The van der Waals surface area contributed by atoms with Crippen molar-refractivity contribution in [3.8, 4) is 0 Å². The maximum absolute atomic E-state index is 12.0. The molecule has 0 amide bonds. The number of rotatable bonds is 4. The van der Waals surface area contributed by atoms with Gasteiger partial charge in [-0.25, -0.2) is 8.42 Å². The number of hydrogen-bond donors (Lipinski definition) is 1. The fourth-order valence-electron chi connectivity index (χ4n) is 1.28. The Labute approximate surface area is 110 Å². The Kier molecular flexibility index (Phi) is 3.63. The minimum absolute atomic E-state index is 0.214. The molecule has 96 valence electrons. The summed E-state index contributed by atoms with van der Waals surface area (Å²) in [6.07, 6.45) is 0. The van der Waals surface area contributed by atoms with Gasteiger partial charge in [0.1, 0.15) is 5.01 Å². The highest BCUT2D eigenvalue weighted by Gasteiger charge is 2.16. The fraction of sp³-hybridized carbons (Fsp3) is 0.273. The number of hydrogen-bond acceptors (Lipinski definition) is 5. The maximum atomic E-state index is 12.0. The largest absolute Gasteiger partial charge is 0.263 e. The molecule has 1 aromatic carbocycles. The van der Waals surface area contributed by atoms with Gasteiger partial charge in [-0.2, -0.15) is 0 Å². The van der Waals surface area contributed by atoms with Crippen LogP contribution < -0.4 is 4.72 Å². The van der Waals surface area contributed by atoms with Gasteiger partial charge in [0, 0.05) is 5.92 Å². The number of nitrogens with one attached hydrogen (secondary N) is 1. The summed E-state index contributed by atoms with van der Waals surface area (Å²) in [6, 6.07) is 8.18. The van der Waals surface area contributed by atoms with E-state index in [4.69, 9.17) is 0 Å². The normalized spacial score (nSPS) is 11.7. The highest BCUT2D eigenvalue weighted by Crippen LogP contribution is 2.24. The molecule has 0 saturated heterocycles. The van der Waals surface area contributed by atoms with E-state index in [9.17, 15) is 8.42 Å². The van der Waals surface area contributed by atoms with Crippen LogP contribution in [0.15, 0.2) is 35.2 Å². The smallest absolute Gasteiger partial charge is 0.253 e. The lowest BCUT2D eigenvalue weighted by Gasteiger charge is -2.03. The van der Waals surface area contributed by atoms with Gasteiger partial charge in [-0.1, -0.05) is 43.4 Å². The first-order valence-electron chi connectivity index (χ1n) is 5.40. The quantitative estimate of drug-likeness (QED) is 0.935. The molecular weight excluding hydrogens is 270 g/mol. The molecule has 0 unspecified atom stereocenters. The van der Waals surface area contributed by atoms with E-state index in [-0.39, 0.29) is 10.8 Å². The van der Waals surface area contributed by atoms with E-state index in [1.807, 2.05) is 13.8 Å². The van der Waals surface area contributed by atoms with Crippen molar-refractivity contribution in [3.05, 3.63) is 35.3 Å². The van der Waals surface area contributed by atoms with Crippen molar-refractivity contribution in [2.75, 3.05) is 4.72 Å². The van der Waals surface area contributed by atoms with Gasteiger partial charge in [-0.3, -0.25) is 4.72 Å². The predicted molar refractivity (Wildman–Crippen MR) is 71.2 cm³/mol. The molecule has 1 heterocycles. The molecule has 0 aliphatic carbocycles. The van der Waals surface area contributed by atoms with E-state index in [0.717, 1.165) is 5.01 Å². The van der Waals surface area contributed by atoms with Gasteiger partial charge < -0.3 is 0 Å². The first kappa shape index (κ1) is 13.0. The number of benzene rings is 1. The number of aromatic nitrogens is 2. The minimum atomic E-state index is -3.57. The van der Waals surface area contributed by atoms with Crippen LogP contribution in [0.4, 0.5) is 5.13 Å². The van der Waals surface area contributed by atoms with E-state index in [2.05, 4.69) is 14.9 Å². The van der Waals surface area contributed by atoms with Crippen LogP contribution in [0.3, 0.4) is 0 Å². The summed E-state index contributed by atoms with van der Waals surface area (Å²) in [6.45, 7) is 3.96. The molecule has 1 aromatic heterocycles. The summed E-state index contributed by atoms with van der Waals surface area (Å²) >= 11 is 1.25. The van der Waals surface area contributed by atoms with E-state index < -0.39 is 10.0 Å². The van der Waals surface area contributed by atoms with Gasteiger partial charge in [0.2, 0.25) is 5.13 Å². The monoisotopic (exact) mass is 283 g/mol. The van der Waals surface area contributed by atoms with Crippen molar-refractivity contribution in [2.24, 2.45) is 0 Å². The second-order valence-electron chi connectivity index (χ2n) is 4.02. The summed E-state index contributed by atoms with van der Waals surface area (Å²) in [7, 11) is -3.57. The molecule has 7 heteroatoms. The Morgan fingerprint density at radius 1 is 1.17 bits per heavy atom. The highest BCUT2D eigenvalue weighted by molar-refractivity contribution is 7.93. The topological polar surface area (TPSA) is 72.0 Å². The van der Waals surface area contributed by atoms with Crippen LogP contribution in [0, 0.1) is 0 Å². The van der Waals surface area contributed by atoms with Gasteiger partial charge in [0.15, 0.2) is 0 Å². The molecule has 0 spiro atoms. The van der Waals surface area contributed by atoms with Crippen molar-refractivity contribution in [1.29, 1.82) is 0 Å². The summed E-state index contributed by atoms with van der Waals surface area (Å²) < 4.78 is 26.4. The Balaban J connectivity index is 2.23. The first-order valence-corrected chi connectivity index (χ1v) is 7.70. The molecule has 0 fully saturated rings. The Bertz CT molecular complexity index is 621. The van der Waals surface area contributed by atoms with Crippen LogP contribution in [-0.2, 0) is 10.0 Å². The zero-order valence-corrected chi connectivity index (χ0v) is 11.6. The maximum Gasteiger partial charge on any atom is 0.263 e. The summed E-state index contributed by atoms with van der Waals surface area (Å²) in [5.41, 5.74) is 0. The lowest BCUT2D eigenvalue weighted by atomic mass is 10.2. The molecule has 0 radical (unpaired) electrons. The van der Waals surface area contributed by atoms with Gasteiger partial charge in [0.05, 0.1) is 4.90 Å². The summed E-state index contributed by atoms with van der Waals surface area (Å²) in [4.78, 5) is 0.214. The van der Waals surface area contributed by atoms with Gasteiger partial charge in [0.25, 0.3) is 10.0 Å². The molecule has 0 atom stereocenters. The zero-order valence-electron chi connectivity index (χ0n) is 9.99. The van der Waals surface area contributed by atoms with Crippen LogP contribution in [0.25, 0.3) is 0 Å². The van der Waals surface area contributed by atoms with Gasteiger partial charge in [-0.05, 0) is 12.1 Å². The second kappa shape index (κ2) is 5.03. The number of anilines is 1. The predicted octanol–water partition coefficient (Wildman–Crippen LogP) is 2.46. The Morgan fingerprint density at radius 2 is 1.83 bits per heavy atom. The average molecular weight is 283 g/mol. The molecule has 2 aromatic rings. The van der Waals surface area contributed by atoms with E-state index in [1.54, 1.807) is 18.2 Å². The van der Waals surface area contributed by atoms with E-state index in [1.165, 1.54) is 23.5 Å². The molecular formula is C11H13N3O2S2. The zero-order chi connectivity index (χ0) is 13.2. The summed E-state index contributed by atoms with van der Waals surface area (Å²) in [5.74, 6) is 0.234. The van der Waals surface area contributed by atoms with Crippen LogP contribution >= 0.6 is 11.3 Å². The summed E-state index contributed by atoms with van der Waals surface area (Å²) in [5, 5.41) is 8.86. The standard InChI is InChI=1S/C11H13N3O2S2/c1-8(2)10-12-13-11(17-10)14-18(15,16)9-6-4-3-5-7-9/h3-8H,1-2H3,(H,13,14). The van der Waals surface area contributed by atoms with Gasteiger partial charge >= 0.3 is 0 Å². The van der Waals surface area contributed by atoms with Crippen molar-refractivity contribution in [3.63, 3.8) is 0 Å². The minimum Gasteiger partial charge on any atom is -0.253 e. The van der Waals surface area contributed by atoms with E-state index >= 15 is 0 Å². The molecule has 0 aliphatic heterocycles. The number of nitrogens with zero attached hydrogens (tertiary/aromatic N) is 2. The third kappa shape index (κ3) is 2.85. The molecule has 5 nitrogen and oxygen atoms in total. The van der Waals surface area contributed by atoms with Crippen molar-refractivity contribution in [1.82, 2.24) is 10.2 Å². The fourth-order valence-corrected chi connectivity index (χ4v) is 3.28. The molecule has 0 saturated carbocycles. The molecule has 1 N–H and O–H groups in total. The van der Waals surface area contributed by atoms with Crippen molar-refractivity contribution < 1.29 is 8.42 Å². The molecule has 0 bridgehead atoms. The average Bonchev–Trinajstić information content (AvgIpc) is 2.78.